The first-order valence-electron chi connectivity index (χ1n) is 1.24. The Morgan fingerprint density at radius 3 is 2.40 bits per heavy atom. The SMILES string of the molecule is OOCCBr. The van der Waals surface area contributed by atoms with E-state index in [0.717, 1.165) is 0 Å². The van der Waals surface area contributed by atoms with Crippen molar-refractivity contribution < 1.29 is 10.1 Å². The highest BCUT2D eigenvalue weighted by molar-refractivity contribution is 9.09. The summed E-state index contributed by atoms with van der Waals surface area (Å²) in [5.41, 5.74) is 0. The summed E-state index contributed by atoms with van der Waals surface area (Å²) in [6, 6.07) is 0. The highest BCUT2D eigenvalue weighted by Crippen LogP contribution is 1.75. The molecule has 1 N–H and O–H groups in total. The van der Waals surface area contributed by atoms with Gasteiger partial charge in [-0.25, -0.2) is 4.89 Å². The predicted molar refractivity (Wildman–Crippen MR) is 22.4 cm³/mol. The number of halogens is 1. The molecule has 0 rings (SSSR count). The molecule has 0 aliphatic carbocycles. The monoisotopic (exact) mass is 140 g/mol. The van der Waals surface area contributed by atoms with Gasteiger partial charge in [-0.15, -0.1) is 0 Å². The number of hydrogen-bond donors (Lipinski definition) is 1. The fourth-order valence-corrected chi connectivity index (χ4v) is 0.179. The van der Waals surface area contributed by atoms with Crippen molar-refractivity contribution in [2.75, 3.05) is 11.9 Å². The van der Waals surface area contributed by atoms with Gasteiger partial charge < -0.3 is 0 Å². The van der Waals surface area contributed by atoms with Gasteiger partial charge in [0.15, 0.2) is 0 Å². The van der Waals surface area contributed by atoms with Gasteiger partial charge >= 0.3 is 0 Å². The third kappa shape index (κ3) is 4.40. The van der Waals surface area contributed by atoms with Crippen LogP contribution in [0.15, 0.2) is 0 Å². The molecule has 0 saturated heterocycles. The summed E-state index contributed by atoms with van der Waals surface area (Å²) < 4.78 is 0. The van der Waals surface area contributed by atoms with Crippen LogP contribution < -0.4 is 0 Å². The molecule has 0 spiro atoms. The largest absolute Gasteiger partial charge is 0.252 e. The van der Waals surface area contributed by atoms with E-state index in [4.69, 9.17) is 5.26 Å². The first kappa shape index (κ1) is 5.40. The van der Waals surface area contributed by atoms with Crippen molar-refractivity contribution in [1.82, 2.24) is 0 Å². The van der Waals surface area contributed by atoms with E-state index in [2.05, 4.69) is 20.8 Å². The average Bonchev–Trinajstić information content (AvgIpc) is 1.41. The molecule has 0 amide bonds. The fraction of sp³-hybridized carbons (Fsp3) is 1.00. The normalized spacial score (nSPS) is 8.40. The molecule has 0 aliphatic heterocycles. The van der Waals surface area contributed by atoms with Crippen molar-refractivity contribution in [1.29, 1.82) is 0 Å². The van der Waals surface area contributed by atoms with Crippen molar-refractivity contribution in [3.63, 3.8) is 0 Å². The summed E-state index contributed by atoms with van der Waals surface area (Å²) in [5, 5.41) is 8.22. The van der Waals surface area contributed by atoms with Gasteiger partial charge in [-0.2, -0.15) is 0 Å². The Hall–Kier alpha value is 0.400. The molecule has 0 atom stereocenters. The lowest BCUT2D eigenvalue weighted by Gasteiger charge is -1.80. The molecule has 0 radical (unpaired) electrons. The molecular weight excluding hydrogens is 136 g/mol. The molecule has 0 fully saturated rings. The van der Waals surface area contributed by atoms with Crippen LogP contribution in [0, 0.1) is 0 Å². The van der Waals surface area contributed by atoms with Crippen molar-refractivity contribution in [2.24, 2.45) is 0 Å². The van der Waals surface area contributed by atoms with Crippen LogP contribution in [0.3, 0.4) is 0 Å². The van der Waals surface area contributed by atoms with Crippen molar-refractivity contribution in [3.8, 4) is 0 Å². The molecule has 5 heavy (non-hydrogen) atoms. The Balaban J connectivity index is 2.19. The lowest BCUT2D eigenvalue weighted by Crippen LogP contribution is -1.85. The lowest BCUT2D eigenvalue weighted by molar-refractivity contribution is -0.236. The second-order valence-electron chi connectivity index (χ2n) is 0.522. The smallest absolute Gasteiger partial charge is 0.0916 e. The minimum atomic E-state index is 0.361. The number of hydrogen-bond acceptors (Lipinski definition) is 2. The van der Waals surface area contributed by atoms with Gasteiger partial charge in [-0.05, 0) is 0 Å². The summed E-state index contributed by atoms with van der Waals surface area (Å²) >= 11 is 3.02. The van der Waals surface area contributed by atoms with Crippen LogP contribution >= 0.6 is 15.9 Å². The van der Waals surface area contributed by atoms with Crippen LogP contribution in [0.1, 0.15) is 0 Å². The summed E-state index contributed by atoms with van der Waals surface area (Å²) in [7, 11) is 0. The van der Waals surface area contributed by atoms with E-state index in [0.29, 0.717) is 11.9 Å². The van der Waals surface area contributed by atoms with E-state index >= 15 is 0 Å². The average molecular weight is 141 g/mol. The van der Waals surface area contributed by atoms with Crippen LogP contribution in [-0.4, -0.2) is 17.2 Å². The Morgan fingerprint density at radius 1 is 1.80 bits per heavy atom. The predicted octanol–water partition coefficient (Wildman–Crippen LogP) is 0.871. The Kier molecular flexibility index (Phi) is 4.75. The minimum absolute atomic E-state index is 0.361. The Labute approximate surface area is 38.8 Å². The van der Waals surface area contributed by atoms with Crippen molar-refractivity contribution in [2.45, 2.75) is 0 Å². The Morgan fingerprint density at radius 2 is 2.40 bits per heavy atom. The van der Waals surface area contributed by atoms with Crippen LogP contribution in [0.25, 0.3) is 0 Å². The molecular formula is C2H5BrO2. The fourth-order valence-electron chi connectivity index (χ4n) is 0.0345. The van der Waals surface area contributed by atoms with Crippen LogP contribution in [-0.2, 0) is 4.89 Å². The zero-order valence-electron chi connectivity index (χ0n) is 2.65. The third-order valence-electron chi connectivity index (χ3n) is 0.168. The highest BCUT2D eigenvalue weighted by Gasteiger charge is 1.70. The van der Waals surface area contributed by atoms with Crippen molar-refractivity contribution >= 4 is 15.9 Å². The second kappa shape index (κ2) is 4.40. The van der Waals surface area contributed by atoms with Gasteiger partial charge in [0.1, 0.15) is 0 Å². The minimum Gasteiger partial charge on any atom is -0.252 e. The van der Waals surface area contributed by atoms with Gasteiger partial charge in [0, 0.05) is 5.33 Å². The molecule has 0 aromatic rings. The molecule has 0 heterocycles. The zero-order chi connectivity index (χ0) is 4.12. The van der Waals surface area contributed by atoms with Crippen LogP contribution in [0.4, 0.5) is 0 Å². The summed E-state index contributed by atoms with van der Waals surface area (Å²) in [4.78, 5) is 3.64. The van der Waals surface area contributed by atoms with E-state index in [1.165, 1.54) is 0 Å². The van der Waals surface area contributed by atoms with E-state index < -0.39 is 0 Å². The van der Waals surface area contributed by atoms with Gasteiger partial charge in [-0.1, -0.05) is 15.9 Å². The molecule has 0 saturated carbocycles. The topological polar surface area (TPSA) is 29.5 Å². The molecule has 3 heteroatoms. The molecule has 0 bridgehead atoms. The summed E-state index contributed by atoms with van der Waals surface area (Å²) in [6.07, 6.45) is 0. The Bertz CT molecular complexity index is 15.1. The number of rotatable bonds is 2. The molecule has 0 aromatic heterocycles. The zero-order valence-corrected chi connectivity index (χ0v) is 4.23. The van der Waals surface area contributed by atoms with E-state index in [1.54, 1.807) is 0 Å². The van der Waals surface area contributed by atoms with Gasteiger partial charge in [0.25, 0.3) is 0 Å². The first-order valence-corrected chi connectivity index (χ1v) is 2.36. The highest BCUT2D eigenvalue weighted by atomic mass is 79.9. The maximum atomic E-state index is 7.54. The van der Waals surface area contributed by atoms with E-state index in [9.17, 15) is 0 Å². The standard InChI is InChI=1S/C2H5BrO2/c3-1-2-5-4/h4H,1-2H2. The maximum Gasteiger partial charge on any atom is 0.0916 e. The first-order chi connectivity index (χ1) is 2.41. The molecule has 2 nitrogen and oxygen atoms in total. The van der Waals surface area contributed by atoms with Crippen molar-refractivity contribution in [3.05, 3.63) is 0 Å². The number of alkyl halides is 1. The molecule has 0 aromatic carbocycles. The van der Waals surface area contributed by atoms with Gasteiger partial charge in [0.05, 0.1) is 6.61 Å². The maximum absolute atomic E-state index is 7.54. The van der Waals surface area contributed by atoms with Crippen LogP contribution in [0.2, 0.25) is 0 Å². The lowest BCUT2D eigenvalue weighted by atomic mass is 10.9. The molecule has 0 unspecified atom stereocenters. The molecule has 0 aliphatic rings. The van der Waals surface area contributed by atoms with E-state index in [1.807, 2.05) is 0 Å². The van der Waals surface area contributed by atoms with Gasteiger partial charge in [-0.3, -0.25) is 5.26 Å². The molecule has 32 valence electrons. The quantitative estimate of drug-likeness (QED) is 0.351. The summed E-state index contributed by atoms with van der Waals surface area (Å²) in [6.45, 7) is 0.361. The van der Waals surface area contributed by atoms with E-state index in [-0.39, 0.29) is 0 Å². The van der Waals surface area contributed by atoms with Crippen LogP contribution in [0.5, 0.6) is 0 Å². The van der Waals surface area contributed by atoms with Gasteiger partial charge in [0.2, 0.25) is 0 Å². The third-order valence-corrected chi connectivity index (χ3v) is 0.492. The summed E-state index contributed by atoms with van der Waals surface area (Å²) in [5.74, 6) is 0. The second-order valence-corrected chi connectivity index (χ2v) is 1.32.